The molecule has 0 aliphatic heterocycles. The van der Waals surface area contributed by atoms with E-state index in [1.165, 1.54) is 5.56 Å². The Balaban J connectivity index is 1.74. The van der Waals surface area contributed by atoms with Crippen molar-refractivity contribution in [3.63, 3.8) is 0 Å². The van der Waals surface area contributed by atoms with Crippen LogP contribution in [0, 0.1) is 0 Å². The third-order valence-corrected chi connectivity index (χ3v) is 5.60. The van der Waals surface area contributed by atoms with Gasteiger partial charge >= 0.3 is 0 Å². The zero-order valence-electron chi connectivity index (χ0n) is 15.6. The average molecular weight is 391 g/mol. The minimum absolute atomic E-state index is 0.0472. The minimum atomic E-state index is -3.46. The van der Waals surface area contributed by atoms with Gasteiger partial charge in [0.25, 0.3) is 5.91 Å². The average Bonchev–Trinajstić information content (AvgIpc) is 2.66. The van der Waals surface area contributed by atoms with Crippen LogP contribution in [-0.2, 0) is 16.4 Å². The number of carbonyl (C=O) groups is 1. The van der Waals surface area contributed by atoms with Crippen molar-refractivity contribution in [2.45, 2.75) is 25.8 Å². The molecule has 2 N–H and O–H groups in total. The number of amides is 1. The number of nitrogens with one attached hydrogen (secondary N) is 2. The molecule has 0 heterocycles. The molecule has 0 unspecified atom stereocenters. The van der Waals surface area contributed by atoms with Crippen molar-refractivity contribution < 1.29 is 17.9 Å². The number of ether oxygens (including phenoxy) is 1. The lowest BCUT2D eigenvalue weighted by Crippen LogP contribution is -2.38. The fourth-order valence-electron chi connectivity index (χ4n) is 2.60. The van der Waals surface area contributed by atoms with Crippen LogP contribution in [0.5, 0.6) is 5.75 Å². The molecule has 2 rings (SSSR count). The van der Waals surface area contributed by atoms with Crippen molar-refractivity contribution in [1.29, 1.82) is 0 Å². The number of aryl methyl sites for hydroxylation is 1. The number of methoxy groups -OCH3 is 1. The summed E-state index contributed by atoms with van der Waals surface area (Å²) in [7, 11) is -1.91. The largest absolute Gasteiger partial charge is 0.497 e. The second kappa shape index (κ2) is 10.1. The standard InChI is InChI=1S/C20H26N2O4S/c1-16(8-9-17-6-4-3-5-7-17)22-27(24,25)15-14-21-20(23)18-10-12-19(26-2)13-11-18/h3-7,10-13,16,22H,8-9,14-15H2,1-2H3,(H,21,23)/t16-/m0/s1. The van der Waals surface area contributed by atoms with Crippen LogP contribution in [0.1, 0.15) is 29.3 Å². The maximum Gasteiger partial charge on any atom is 0.251 e. The van der Waals surface area contributed by atoms with E-state index >= 15 is 0 Å². The van der Waals surface area contributed by atoms with E-state index in [-0.39, 0.29) is 24.2 Å². The third kappa shape index (κ3) is 7.40. The Bertz CT molecular complexity index is 821. The summed E-state index contributed by atoms with van der Waals surface area (Å²) in [6, 6.07) is 16.4. The van der Waals surface area contributed by atoms with Gasteiger partial charge < -0.3 is 10.1 Å². The number of hydrogen-bond donors (Lipinski definition) is 2. The normalized spacial score (nSPS) is 12.4. The van der Waals surface area contributed by atoms with Gasteiger partial charge in [-0.1, -0.05) is 30.3 Å². The molecule has 0 radical (unpaired) electrons. The molecule has 0 saturated carbocycles. The molecular formula is C20H26N2O4S. The summed E-state index contributed by atoms with van der Waals surface area (Å²) in [5.41, 5.74) is 1.63. The molecule has 0 aliphatic carbocycles. The summed E-state index contributed by atoms with van der Waals surface area (Å²) in [4.78, 5) is 12.0. The number of carbonyl (C=O) groups excluding carboxylic acids is 1. The first-order valence-corrected chi connectivity index (χ1v) is 10.5. The van der Waals surface area contributed by atoms with E-state index in [1.807, 2.05) is 37.3 Å². The van der Waals surface area contributed by atoms with Gasteiger partial charge in [-0.3, -0.25) is 4.79 Å². The van der Waals surface area contributed by atoms with Crippen molar-refractivity contribution in [3.8, 4) is 5.75 Å². The molecule has 6 nitrogen and oxygen atoms in total. The highest BCUT2D eigenvalue weighted by Gasteiger charge is 2.15. The Kier molecular flexibility index (Phi) is 7.82. The first-order valence-electron chi connectivity index (χ1n) is 8.86. The Morgan fingerprint density at radius 3 is 2.37 bits per heavy atom. The molecule has 0 aromatic heterocycles. The maximum absolute atomic E-state index is 12.2. The van der Waals surface area contributed by atoms with Gasteiger partial charge in [0.05, 0.1) is 12.9 Å². The molecule has 0 aliphatic rings. The molecule has 0 bridgehead atoms. The molecule has 2 aromatic rings. The van der Waals surface area contributed by atoms with E-state index in [9.17, 15) is 13.2 Å². The van der Waals surface area contributed by atoms with E-state index in [1.54, 1.807) is 31.4 Å². The van der Waals surface area contributed by atoms with Gasteiger partial charge in [0.2, 0.25) is 10.0 Å². The molecule has 0 spiro atoms. The lowest BCUT2D eigenvalue weighted by Gasteiger charge is -2.14. The summed E-state index contributed by atoms with van der Waals surface area (Å²) in [6.07, 6.45) is 1.51. The second-order valence-corrected chi connectivity index (χ2v) is 8.22. The van der Waals surface area contributed by atoms with Crippen LogP contribution in [0.4, 0.5) is 0 Å². The smallest absolute Gasteiger partial charge is 0.251 e. The Labute approximate surface area is 161 Å². The molecule has 7 heteroatoms. The van der Waals surface area contributed by atoms with Gasteiger partial charge in [-0.25, -0.2) is 13.1 Å². The van der Waals surface area contributed by atoms with Gasteiger partial charge in [0.15, 0.2) is 0 Å². The van der Waals surface area contributed by atoms with Gasteiger partial charge in [0.1, 0.15) is 5.75 Å². The van der Waals surface area contributed by atoms with Crippen LogP contribution in [0.2, 0.25) is 0 Å². The number of hydrogen-bond acceptors (Lipinski definition) is 4. The molecule has 0 fully saturated rings. The maximum atomic E-state index is 12.2. The van der Waals surface area contributed by atoms with Crippen LogP contribution in [0.15, 0.2) is 54.6 Å². The predicted octanol–water partition coefficient (Wildman–Crippen LogP) is 2.37. The second-order valence-electron chi connectivity index (χ2n) is 6.35. The van der Waals surface area contributed by atoms with Crippen molar-refractivity contribution in [2.75, 3.05) is 19.4 Å². The van der Waals surface area contributed by atoms with Crippen molar-refractivity contribution in [2.24, 2.45) is 0 Å². The van der Waals surface area contributed by atoms with E-state index in [2.05, 4.69) is 10.0 Å². The summed E-state index contributed by atoms with van der Waals surface area (Å²) < 4.78 is 32.0. The molecule has 27 heavy (non-hydrogen) atoms. The van der Waals surface area contributed by atoms with Gasteiger partial charge in [-0.2, -0.15) is 0 Å². The summed E-state index contributed by atoms with van der Waals surface area (Å²) in [5.74, 6) is 0.178. The number of benzene rings is 2. The monoisotopic (exact) mass is 390 g/mol. The van der Waals surface area contributed by atoms with Crippen LogP contribution in [0.25, 0.3) is 0 Å². The van der Waals surface area contributed by atoms with E-state index in [4.69, 9.17) is 4.74 Å². The molecule has 1 amide bonds. The van der Waals surface area contributed by atoms with Gasteiger partial charge in [0, 0.05) is 18.2 Å². The lowest BCUT2D eigenvalue weighted by molar-refractivity contribution is 0.0956. The molecule has 146 valence electrons. The SMILES string of the molecule is COc1ccc(C(=O)NCCS(=O)(=O)N[C@@H](C)CCc2ccccc2)cc1. The Morgan fingerprint density at radius 2 is 1.74 bits per heavy atom. The summed E-state index contributed by atoms with van der Waals surface area (Å²) >= 11 is 0. The topological polar surface area (TPSA) is 84.5 Å². The first kappa shape index (κ1) is 20.9. The lowest BCUT2D eigenvalue weighted by atomic mass is 10.1. The highest BCUT2D eigenvalue weighted by molar-refractivity contribution is 7.89. The fraction of sp³-hybridized carbons (Fsp3) is 0.350. The van der Waals surface area contributed by atoms with Crippen molar-refractivity contribution >= 4 is 15.9 Å². The van der Waals surface area contributed by atoms with E-state index in [0.717, 1.165) is 6.42 Å². The Morgan fingerprint density at radius 1 is 1.07 bits per heavy atom. The quantitative estimate of drug-likeness (QED) is 0.652. The van der Waals surface area contributed by atoms with Crippen molar-refractivity contribution in [1.82, 2.24) is 10.0 Å². The molecule has 1 atom stereocenters. The highest BCUT2D eigenvalue weighted by Crippen LogP contribution is 2.11. The Hall–Kier alpha value is -2.38. The van der Waals surface area contributed by atoms with Crippen LogP contribution in [-0.4, -0.2) is 39.8 Å². The zero-order valence-corrected chi connectivity index (χ0v) is 16.5. The summed E-state index contributed by atoms with van der Waals surface area (Å²) in [5, 5.41) is 2.62. The van der Waals surface area contributed by atoms with Crippen LogP contribution < -0.4 is 14.8 Å². The third-order valence-electron chi connectivity index (χ3n) is 4.10. The predicted molar refractivity (Wildman–Crippen MR) is 106 cm³/mol. The summed E-state index contributed by atoms with van der Waals surface area (Å²) in [6.45, 7) is 1.89. The number of rotatable bonds is 10. The molecule has 0 saturated heterocycles. The van der Waals surface area contributed by atoms with E-state index in [0.29, 0.717) is 17.7 Å². The van der Waals surface area contributed by atoms with Crippen LogP contribution >= 0.6 is 0 Å². The van der Waals surface area contributed by atoms with Gasteiger partial charge in [-0.05, 0) is 49.6 Å². The minimum Gasteiger partial charge on any atom is -0.497 e. The van der Waals surface area contributed by atoms with Gasteiger partial charge in [-0.15, -0.1) is 0 Å². The van der Waals surface area contributed by atoms with E-state index < -0.39 is 10.0 Å². The highest BCUT2D eigenvalue weighted by atomic mass is 32.2. The number of sulfonamides is 1. The first-order chi connectivity index (χ1) is 12.9. The fourth-order valence-corrected chi connectivity index (χ4v) is 3.82. The molecular weight excluding hydrogens is 364 g/mol. The van der Waals surface area contributed by atoms with Crippen LogP contribution in [0.3, 0.4) is 0 Å². The van der Waals surface area contributed by atoms with Crippen molar-refractivity contribution in [3.05, 3.63) is 65.7 Å². The molecule has 2 aromatic carbocycles. The zero-order chi connectivity index (χ0) is 19.7.